The van der Waals surface area contributed by atoms with Crippen molar-refractivity contribution >= 4 is 33.3 Å². The molecule has 0 aliphatic carbocycles. The van der Waals surface area contributed by atoms with Gasteiger partial charge in [0.2, 0.25) is 0 Å². The molecule has 0 radical (unpaired) electrons. The minimum absolute atomic E-state index is 0.290. The highest BCUT2D eigenvalue weighted by atomic mass is 79.9. The van der Waals surface area contributed by atoms with Crippen LogP contribution < -0.4 is 4.90 Å². The van der Waals surface area contributed by atoms with Crippen molar-refractivity contribution in [3.05, 3.63) is 58.3 Å². The summed E-state index contributed by atoms with van der Waals surface area (Å²) in [5, 5.41) is 11.2. The van der Waals surface area contributed by atoms with E-state index in [4.69, 9.17) is 0 Å². The highest BCUT2D eigenvalue weighted by Crippen LogP contribution is 2.44. The van der Waals surface area contributed by atoms with E-state index < -0.39 is 11.5 Å². The third kappa shape index (κ3) is 3.24. The first-order valence-electron chi connectivity index (χ1n) is 8.25. The Balaban J connectivity index is 1.98. The summed E-state index contributed by atoms with van der Waals surface area (Å²) >= 11 is 3.39. The maximum atomic E-state index is 13.0. The highest BCUT2D eigenvalue weighted by molar-refractivity contribution is 9.10. The lowest BCUT2D eigenvalue weighted by Crippen LogP contribution is -2.42. The van der Waals surface area contributed by atoms with E-state index in [1.165, 1.54) is 12.4 Å². The number of halogens is 1. The summed E-state index contributed by atoms with van der Waals surface area (Å²) in [6.45, 7) is 2.57. The Morgan fingerprint density at radius 3 is 2.68 bits per heavy atom. The summed E-state index contributed by atoms with van der Waals surface area (Å²) in [5.74, 6) is -0.724. The Bertz CT molecular complexity index is 810. The van der Waals surface area contributed by atoms with Crippen LogP contribution in [0.2, 0.25) is 0 Å². The first-order chi connectivity index (χ1) is 12.0. The van der Waals surface area contributed by atoms with E-state index in [-0.39, 0.29) is 12.2 Å². The Morgan fingerprint density at radius 2 is 2.00 bits per heavy atom. The fraction of sp³-hybridized carbons (Fsp3) is 0.316. The first-order valence-corrected chi connectivity index (χ1v) is 9.04. The summed E-state index contributed by atoms with van der Waals surface area (Å²) in [5.41, 5.74) is -0.260. The molecule has 3 rings (SSSR count). The molecule has 1 amide bonds. The number of benzene rings is 1. The predicted molar refractivity (Wildman–Crippen MR) is 98.5 cm³/mol. The number of pyridine rings is 1. The molecule has 0 saturated carbocycles. The van der Waals surface area contributed by atoms with Crippen LogP contribution in [-0.4, -0.2) is 28.3 Å². The summed E-state index contributed by atoms with van der Waals surface area (Å²) in [7, 11) is 0. The van der Waals surface area contributed by atoms with Crippen LogP contribution in [-0.2, 0) is 10.4 Å². The summed E-state index contributed by atoms with van der Waals surface area (Å²) < 4.78 is 0.756. The minimum atomic E-state index is -1.84. The minimum Gasteiger partial charge on any atom is -0.375 e. The summed E-state index contributed by atoms with van der Waals surface area (Å²) in [6.07, 6.45) is 4.51. The van der Waals surface area contributed by atoms with Crippen LogP contribution in [0.3, 0.4) is 0 Å². The van der Waals surface area contributed by atoms with E-state index in [0.29, 0.717) is 23.4 Å². The molecule has 2 aromatic rings. The fourth-order valence-electron chi connectivity index (χ4n) is 3.10. The average Bonchev–Trinajstić information content (AvgIpc) is 2.81. The Kier molecular flexibility index (Phi) is 5.01. The third-order valence-electron chi connectivity index (χ3n) is 4.45. The molecule has 6 heteroatoms. The van der Waals surface area contributed by atoms with Crippen LogP contribution in [0.25, 0.3) is 0 Å². The second kappa shape index (κ2) is 7.06. The number of ketones is 1. The number of nitrogens with zero attached hydrogens (tertiary/aromatic N) is 2. The van der Waals surface area contributed by atoms with Gasteiger partial charge in [-0.15, -0.1) is 0 Å². The molecule has 1 aliphatic heterocycles. The molecule has 2 heterocycles. The van der Waals surface area contributed by atoms with Gasteiger partial charge < -0.3 is 10.0 Å². The number of aliphatic hydroxyl groups is 1. The maximum absolute atomic E-state index is 13.0. The van der Waals surface area contributed by atoms with Crippen LogP contribution in [0, 0.1) is 0 Å². The highest BCUT2D eigenvalue weighted by Gasteiger charge is 2.50. The molecular weight excluding hydrogens is 384 g/mol. The normalized spacial score (nSPS) is 19.2. The Morgan fingerprint density at radius 1 is 1.28 bits per heavy atom. The van der Waals surface area contributed by atoms with E-state index in [1.807, 2.05) is 19.1 Å². The van der Waals surface area contributed by atoms with Crippen LogP contribution >= 0.6 is 15.9 Å². The molecule has 25 heavy (non-hydrogen) atoms. The second-order valence-corrected chi connectivity index (χ2v) is 7.08. The molecule has 0 unspecified atom stereocenters. The number of fused-ring (bicyclic) bond motifs is 1. The zero-order valence-electron chi connectivity index (χ0n) is 13.9. The van der Waals surface area contributed by atoms with Gasteiger partial charge in [-0.1, -0.05) is 29.3 Å². The van der Waals surface area contributed by atoms with E-state index in [9.17, 15) is 14.7 Å². The molecule has 1 N–H and O–H groups in total. The zero-order chi connectivity index (χ0) is 18.0. The van der Waals surface area contributed by atoms with E-state index in [1.54, 1.807) is 23.1 Å². The van der Waals surface area contributed by atoms with Crippen molar-refractivity contribution < 1.29 is 14.7 Å². The number of carbonyl (C=O) groups excluding carboxylic acids is 2. The number of aromatic nitrogens is 1. The number of hydrogen-bond donors (Lipinski definition) is 1. The van der Waals surface area contributed by atoms with Crippen molar-refractivity contribution in [3.8, 4) is 0 Å². The van der Waals surface area contributed by atoms with E-state index in [0.717, 1.165) is 17.3 Å². The van der Waals surface area contributed by atoms with Gasteiger partial charge in [0.1, 0.15) is 0 Å². The van der Waals surface area contributed by atoms with E-state index >= 15 is 0 Å². The molecule has 0 saturated heterocycles. The van der Waals surface area contributed by atoms with Gasteiger partial charge in [-0.25, -0.2) is 0 Å². The third-order valence-corrected chi connectivity index (χ3v) is 4.94. The summed E-state index contributed by atoms with van der Waals surface area (Å²) in [4.78, 5) is 31.0. The van der Waals surface area contributed by atoms with Gasteiger partial charge in [0.05, 0.1) is 12.1 Å². The number of amides is 1. The number of rotatable bonds is 6. The zero-order valence-corrected chi connectivity index (χ0v) is 15.5. The van der Waals surface area contributed by atoms with Gasteiger partial charge in [-0.3, -0.25) is 14.6 Å². The molecule has 0 bridgehead atoms. The molecule has 0 spiro atoms. The number of hydrogen-bond acceptors (Lipinski definition) is 4. The van der Waals surface area contributed by atoms with Gasteiger partial charge in [0, 0.05) is 34.5 Å². The van der Waals surface area contributed by atoms with Crippen molar-refractivity contribution in [2.45, 2.75) is 31.8 Å². The number of Topliss-reactive ketones (excluding diaryl/α,β-unsaturated/α-hetero) is 1. The maximum Gasteiger partial charge on any atom is 0.264 e. The molecule has 0 fully saturated rings. The molecule has 1 aliphatic rings. The molecular formula is C19H19BrN2O3. The topological polar surface area (TPSA) is 70.5 Å². The van der Waals surface area contributed by atoms with Crippen molar-refractivity contribution in [1.82, 2.24) is 4.98 Å². The van der Waals surface area contributed by atoms with Crippen LogP contribution in [0.4, 0.5) is 5.69 Å². The predicted octanol–water partition coefficient (Wildman–Crippen LogP) is 3.45. The van der Waals surface area contributed by atoms with Crippen molar-refractivity contribution in [1.29, 1.82) is 0 Å². The second-order valence-electron chi connectivity index (χ2n) is 6.17. The summed E-state index contributed by atoms with van der Waals surface area (Å²) in [6, 6.07) is 8.53. The monoisotopic (exact) mass is 402 g/mol. The lowest BCUT2D eigenvalue weighted by atomic mass is 9.88. The number of unbranched alkanes of at least 4 members (excludes halogenated alkanes) is 1. The van der Waals surface area contributed by atoms with Gasteiger partial charge in [-0.2, -0.15) is 0 Å². The quantitative estimate of drug-likeness (QED) is 0.751. The molecule has 1 aromatic carbocycles. The molecule has 1 aromatic heterocycles. The number of anilines is 1. The first kappa shape index (κ1) is 17.8. The van der Waals surface area contributed by atoms with Crippen molar-refractivity contribution in [3.63, 3.8) is 0 Å². The Hall–Kier alpha value is -2.05. The molecule has 130 valence electrons. The van der Waals surface area contributed by atoms with Gasteiger partial charge in [-0.05, 0) is 36.8 Å². The van der Waals surface area contributed by atoms with Gasteiger partial charge in [0.25, 0.3) is 5.91 Å². The van der Waals surface area contributed by atoms with Gasteiger partial charge in [0.15, 0.2) is 11.4 Å². The van der Waals surface area contributed by atoms with E-state index in [2.05, 4.69) is 20.9 Å². The van der Waals surface area contributed by atoms with Crippen molar-refractivity contribution in [2.24, 2.45) is 0 Å². The average molecular weight is 403 g/mol. The largest absolute Gasteiger partial charge is 0.375 e. The van der Waals surface area contributed by atoms with Crippen molar-refractivity contribution in [2.75, 3.05) is 11.4 Å². The SMILES string of the molecule is CCCCN1C(=O)[C@@](O)(CC(=O)c2ccncc2)c2cc(Br)ccc21. The standard InChI is InChI=1S/C19H19BrN2O3/c1-2-3-10-22-16-5-4-14(20)11-15(16)19(25,18(22)24)12-17(23)13-6-8-21-9-7-13/h4-9,11,25H,2-3,10,12H2,1H3/t19-/m1/s1. The lowest BCUT2D eigenvalue weighted by molar-refractivity contribution is -0.135. The smallest absolute Gasteiger partial charge is 0.264 e. The number of carbonyl (C=O) groups is 2. The Labute approximate surface area is 154 Å². The van der Waals surface area contributed by atoms with Crippen LogP contribution in [0.15, 0.2) is 47.2 Å². The van der Waals surface area contributed by atoms with Gasteiger partial charge >= 0.3 is 0 Å². The molecule has 1 atom stereocenters. The van der Waals surface area contributed by atoms with Crippen LogP contribution in [0.5, 0.6) is 0 Å². The van der Waals surface area contributed by atoms with Crippen LogP contribution in [0.1, 0.15) is 42.1 Å². The fourth-order valence-corrected chi connectivity index (χ4v) is 3.47. The lowest BCUT2D eigenvalue weighted by Gasteiger charge is -2.22. The molecule has 5 nitrogen and oxygen atoms in total.